The van der Waals surface area contributed by atoms with Crippen molar-refractivity contribution >= 4 is 35.0 Å². The van der Waals surface area contributed by atoms with E-state index in [1.807, 2.05) is 24.3 Å². The van der Waals surface area contributed by atoms with E-state index in [1.54, 1.807) is 0 Å². The Hall–Kier alpha value is -2.72. The molecule has 1 amide bonds. The lowest BCUT2D eigenvalue weighted by molar-refractivity contribution is -0.137. The van der Waals surface area contributed by atoms with Gasteiger partial charge < -0.3 is 11.2 Å². The van der Waals surface area contributed by atoms with Gasteiger partial charge in [-0.3, -0.25) is 4.79 Å². The van der Waals surface area contributed by atoms with E-state index in [0.717, 1.165) is 35.0 Å². The Kier molecular flexibility index (Phi) is 6.75. The predicted molar refractivity (Wildman–Crippen MR) is 120 cm³/mol. The van der Waals surface area contributed by atoms with Gasteiger partial charge in [-0.25, -0.2) is 4.68 Å². The maximum Gasteiger partial charge on any atom is 0.417 e. The molecule has 0 bridgehead atoms. The fourth-order valence-electron chi connectivity index (χ4n) is 2.84. The Morgan fingerprint density at radius 1 is 1.12 bits per heavy atom. The van der Waals surface area contributed by atoms with Crippen LogP contribution in [0.25, 0.3) is 11.4 Å². The number of thioether (sulfide) groups is 1. The maximum absolute atomic E-state index is 13.0. The van der Waals surface area contributed by atoms with Crippen molar-refractivity contribution in [2.45, 2.75) is 37.5 Å². The van der Waals surface area contributed by atoms with Gasteiger partial charge in [-0.1, -0.05) is 68.4 Å². The van der Waals surface area contributed by atoms with Crippen LogP contribution in [0.15, 0.2) is 47.6 Å². The highest BCUT2D eigenvalue weighted by Gasteiger charge is 2.33. The molecule has 0 spiro atoms. The van der Waals surface area contributed by atoms with E-state index < -0.39 is 22.7 Å². The van der Waals surface area contributed by atoms with Crippen molar-refractivity contribution in [2.24, 2.45) is 0 Å². The second kappa shape index (κ2) is 9.03. The number of aromatic nitrogens is 3. The number of nitrogens with two attached hydrogens (primary N) is 1. The number of anilines is 1. The van der Waals surface area contributed by atoms with Crippen molar-refractivity contribution in [3.63, 3.8) is 0 Å². The van der Waals surface area contributed by atoms with Gasteiger partial charge in [0, 0.05) is 11.3 Å². The van der Waals surface area contributed by atoms with E-state index in [1.165, 1.54) is 10.7 Å². The molecule has 0 aliphatic heterocycles. The zero-order chi connectivity index (χ0) is 23.7. The Bertz CT molecular complexity index is 1120. The molecule has 0 unspecified atom stereocenters. The third-order valence-corrected chi connectivity index (χ3v) is 5.83. The summed E-state index contributed by atoms with van der Waals surface area (Å²) >= 11 is 6.61. The highest BCUT2D eigenvalue weighted by molar-refractivity contribution is 7.99. The molecule has 0 saturated heterocycles. The number of nitrogens with zero attached hydrogens (tertiary/aromatic N) is 3. The van der Waals surface area contributed by atoms with Crippen LogP contribution in [0.5, 0.6) is 0 Å². The lowest BCUT2D eigenvalue weighted by atomic mass is 9.87. The SMILES string of the molecule is CC(C)(C)c1ccc(-c2nnc(SCC(=O)Nc3ccc(Cl)c(C(F)(F)F)c3)n2N)cc1. The first-order valence-electron chi connectivity index (χ1n) is 9.47. The standard InChI is InChI=1S/C21H21ClF3N5OS/c1-20(2,3)13-6-4-12(5-7-13)18-28-29-19(30(18)26)32-11-17(31)27-14-8-9-16(22)15(10-14)21(23,24)25/h4-10H,11,26H2,1-3H3,(H,27,31). The average Bonchev–Trinajstić information content (AvgIpc) is 3.07. The monoisotopic (exact) mass is 483 g/mol. The molecule has 0 aliphatic rings. The quantitative estimate of drug-likeness (QED) is 0.377. The lowest BCUT2D eigenvalue weighted by Crippen LogP contribution is -2.17. The molecule has 170 valence electrons. The number of hydrogen-bond acceptors (Lipinski definition) is 5. The number of amides is 1. The molecule has 32 heavy (non-hydrogen) atoms. The van der Waals surface area contributed by atoms with Crippen LogP contribution >= 0.6 is 23.4 Å². The fraction of sp³-hybridized carbons (Fsp3) is 0.286. The van der Waals surface area contributed by atoms with Crippen molar-refractivity contribution in [2.75, 3.05) is 16.9 Å². The van der Waals surface area contributed by atoms with Gasteiger partial charge in [0.1, 0.15) is 0 Å². The van der Waals surface area contributed by atoms with Crippen LogP contribution in [0.2, 0.25) is 5.02 Å². The predicted octanol–water partition coefficient (Wildman–Crippen LogP) is 5.36. The fourth-order valence-corrected chi connectivity index (χ4v) is 3.72. The minimum Gasteiger partial charge on any atom is -0.335 e. The molecule has 11 heteroatoms. The molecule has 0 saturated carbocycles. The van der Waals surface area contributed by atoms with E-state index in [2.05, 4.69) is 36.3 Å². The average molecular weight is 484 g/mol. The van der Waals surface area contributed by atoms with Gasteiger partial charge >= 0.3 is 6.18 Å². The summed E-state index contributed by atoms with van der Waals surface area (Å²) in [7, 11) is 0. The summed E-state index contributed by atoms with van der Waals surface area (Å²) in [6.45, 7) is 6.34. The summed E-state index contributed by atoms with van der Waals surface area (Å²) in [6.07, 6.45) is -4.62. The number of hydrogen-bond donors (Lipinski definition) is 2. The Morgan fingerprint density at radius 3 is 2.38 bits per heavy atom. The van der Waals surface area contributed by atoms with E-state index in [0.29, 0.717) is 11.0 Å². The van der Waals surface area contributed by atoms with Crippen molar-refractivity contribution < 1.29 is 18.0 Å². The van der Waals surface area contributed by atoms with Crippen molar-refractivity contribution in [1.82, 2.24) is 14.9 Å². The summed E-state index contributed by atoms with van der Waals surface area (Å²) in [6, 6.07) is 10.9. The van der Waals surface area contributed by atoms with Gasteiger partial charge in [-0.2, -0.15) is 13.2 Å². The van der Waals surface area contributed by atoms with Gasteiger partial charge in [0.2, 0.25) is 11.1 Å². The minimum absolute atomic E-state index is 0.00818. The zero-order valence-electron chi connectivity index (χ0n) is 17.5. The second-order valence-corrected chi connectivity index (χ2v) is 9.38. The molecule has 0 fully saturated rings. The van der Waals surface area contributed by atoms with Crippen LogP contribution in [-0.4, -0.2) is 26.5 Å². The molecule has 0 radical (unpaired) electrons. The van der Waals surface area contributed by atoms with E-state index in [4.69, 9.17) is 17.4 Å². The molecular formula is C21H21ClF3N5OS. The number of carbonyl (C=O) groups is 1. The molecule has 3 aromatic rings. The van der Waals surface area contributed by atoms with Crippen LogP contribution in [0, 0.1) is 0 Å². The Labute approximate surface area is 192 Å². The van der Waals surface area contributed by atoms with Crippen LogP contribution in [0.3, 0.4) is 0 Å². The highest BCUT2D eigenvalue weighted by Crippen LogP contribution is 2.36. The lowest BCUT2D eigenvalue weighted by Gasteiger charge is -2.19. The first kappa shape index (κ1) is 23.9. The first-order valence-corrected chi connectivity index (χ1v) is 10.8. The highest BCUT2D eigenvalue weighted by atomic mass is 35.5. The first-order chi connectivity index (χ1) is 14.9. The van der Waals surface area contributed by atoms with E-state index in [-0.39, 0.29) is 16.9 Å². The topological polar surface area (TPSA) is 85.8 Å². The van der Waals surface area contributed by atoms with Crippen LogP contribution in [-0.2, 0) is 16.4 Å². The molecule has 2 aromatic carbocycles. The van der Waals surface area contributed by atoms with Crippen molar-refractivity contribution in [3.8, 4) is 11.4 Å². The summed E-state index contributed by atoms with van der Waals surface area (Å²) in [5.74, 6) is 5.87. The summed E-state index contributed by atoms with van der Waals surface area (Å²) < 4.78 is 40.2. The number of halogens is 4. The van der Waals surface area contributed by atoms with Gasteiger partial charge in [-0.15, -0.1) is 10.2 Å². The van der Waals surface area contributed by atoms with Gasteiger partial charge in [-0.05, 0) is 29.2 Å². The zero-order valence-corrected chi connectivity index (χ0v) is 19.1. The summed E-state index contributed by atoms with van der Waals surface area (Å²) in [4.78, 5) is 12.2. The number of rotatable bonds is 5. The summed E-state index contributed by atoms with van der Waals surface area (Å²) in [5.41, 5.74) is 0.903. The molecule has 0 atom stereocenters. The van der Waals surface area contributed by atoms with E-state index in [9.17, 15) is 18.0 Å². The second-order valence-electron chi connectivity index (χ2n) is 8.03. The van der Waals surface area contributed by atoms with Gasteiger partial charge in [0.05, 0.1) is 16.3 Å². The van der Waals surface area contributed by atoms with Crippen LogP contribution in [0.4, 0.5) is 18.9 Å². The van der Waals surface area contributed by atoms with Crippen LogP contribution < -0.4 is 11.2 Å². The largest absolute Gasteiger partial charge is 0.417 e. The molecule has 3 N–H and O–H groups in total. The maximum atomic E-state index is 13.0. The molecular weight excluding hydrogens is 463 g/mol. The van der Waals surface area contributed by atoms with E-state index >= 15 is 0 Å². The van der Waals surface area contributed by atoms with Crippen LogP contribution in [0.1, 0.15) is 31.9 Å². The molecule has 6 nitrogen and oxygen atoms in total. The number of benzene rings is 2. The number of nitrogen functional groups attached to an aromatic ring is 1. The van der Waals surface area contributed by atoms with Gasteiger partial charge in [0.15, 0.2) is 5.82 Å². The van der Waals surface area contributed by atoms with Crippen molar-refractivity contribution in [1.29, 1.82) is 0 Å². The number of carbonyl (C=O) groups excluding carboxylic acids is 1. The third kappa shape index (κ3) is 5.55. The Morgan fingerprint density at radius 2 is 1.78 bits per heavy atom. The Balaban J connectivity index is 1.66. The summed E-state index contributed by atoms with van der Waals surface area (Å²) in [5, 5.41) is 10.4. The number of alkyl halides is 3. The van der Waals surface area contributed by atoms with Crippen molar-refractivity contribution in [3.05, 3.63) is 58.6 Å². The minimum atomic E-state index is -4.62. The third-order valence-electron chi connectivity index (χ3n) is 4.56. The molecule has 3 rings (SSSR count). The molecule has 1 heterocycles. The normalized spacial score (nSPS) is 12.1. The molecule has 0 aliphatic carbocycles. The van der Waals surface area contributed by atoms with Gasteiger partial charge in [0.25, 0.3) is 0 Å². The smallest absolute Gasteiger partial charge is 0.335 e. The number of nitrogens with one attached hydrogen (secondary N) is 1. The molecule has 1 aromatic heterocycles.